The van der Waals surface area contributed by atoms with Crippen molar-refractivity contribution in [2.75, 3.05) is 25.5 Å². The maximum atomic E-state index is 11.5. The van der Waals surface area contributed by atoms with Gasteiger partial charge in [-0.2, -0.15) is 0 Å². The number of carboxylic acids is 1. The summed E-state index contributed by atoms with van der Waals surface area (Å²) in [6, 6.07) is 5.25. The van der Waals surface area contributed by atoms with Gasteiger partial charge in [0.15, 0.2) is 0 Å². The normalized spacial score (nSPS) is 10.4. The first-order valence-corrected chi connectivity index (χ1v) is 7.98. The summed E-state index contributed by atoms with van der Waals surface area (Å²) in [5, 5.41) is 12.1. The molecular weight excluding hydrogens is 337 g/mol. The Morgan fingerprint density at radius 2 is 2.10 bits per heavy atom. The van der Waals surface area contributed by atoms with Crippen LogP contribution in [-0.4, -0.2) is 42.5 Å². The van der Waals surface area contributed by atoms with Crippen LogP contribution in [0.2, 0.25) is 10.0 Å². The number of carbonyl (C=O) groups is 2. The van der Waals surface area contributed by atoms with Crippen LogP contribution in [0.25, 0.3) is 0 Å². The molecule has 0 aliphatic carbocycles. The molecule has 1 aromatic rings. The van der Waals surface area contributed by atoms with Crippen LogP contribution in [0.4, 0.5) is 0 Å². The van der Waals surface area contributed by atoms with E-state index < -0.39 is 5.97 Å². The van der Waals surface area contributed by atoms with Crippen molar-refractivity contribution in [3.8, 4) is 0 Å². The predicted molar refractivity (Wildman–Crippen MR) is 84.1 cm³/mol. The van der Waals surface area contributed by atoms with Crippen LogP contribution in [0.3, 0.4) is 0 Å². The second-order valence-electron chi connectivity index (χ2n) is 4.02. The van der Waals surface area contributed by atoms with Crippen LogP contribution in [0.5, 0.6) is 0 Å². The van der Waals surface area contributed by atoms with E-state index in [-0.39, 0.29) is 31.4 Å². The highest BCUT2D eigenvalue weighted by Gasteiger charge is 2.05. The molecule has 0 bridgehead atoms. The quantitative estimate of drug-likeness (QED) is 0.668. The second-order valence-corrected chi connectivity index (χ2v) is 5.85. The zero-order valence-electron chi connectivity index (χ0n) is 11.1. The summed E-state index contributed by atoms with van der Waals surface area (Å²) in [6.45, 7) is 0.0970. The summed E-state index contributed by atoms with van der Waals surface area (Å²) in [6.07, 6.45) is 0. The number of thioether (sulfide) groups is 1. The van der Waals surface area contributed by atoms with Gasteiger partial charge in [0.05, 0.1) is 12.4 Å². The molecule has 2 N–H and O–H groups in total. The van der Waals surface area contributed by atoms with E-state index >= 15 is 0 Å². The van der Waals surface area contributed by atoms with Gasteiger partial charge in [0.1, 0.15) is 6.61 Å². The third-order valence-corrected chi connectivity index (χ3v) is 3.87. The largest absolute Gasteiger partial charge is 0.480 e. The Labute approximate surface area is 136 Å². The van der Waals surface area contributed by atoms with Crippen LogP contribution in [0.1, 0.15) is 5.56 Å². The highest BCUT2D eigenvalue weighted by Crippen LogP contribution is 2.24. The average molecular weight is 352 g/mol. The number of hydrogen-bond donors (Lipinski definition) is 2. The van der Waals surface area contributed by atoms with Crippen molar-refractivity contribution in [3.05, 3.63) is 33.8 Å². The fourth-order valence-electron chi connectivity index (χ4n) is 1.37. The van der Waals surface area contributed by atoms with Gasteiger partial charge in [0, 0.05) is 22.3 Å². The summed E-state index contributed by atoms with van der Waals surface area (Å²) < 4.78 is 4.80. The molecule has 0 aromatic heterocycles. The lowest BCUT2D eigenvalue weighted by Crippen LogP contribution is -2.29. The molecule has 0 radical (unpaired) electrons. The van der Waals surface area contributed by atoms with Crippen molar-refractivity contribution in [1.29, 1.82) is 0 Å². The van der Waals surface area contributed by atoms with Gasteiger partial charge in [-0.3, -0.25) is 4.79 Å². The number of aliphatic carboxylic acids is 1. The maximum absolute atomic E-state index is 11.5. The van der Waals surface area contributed by atoms with Crippen molar-refractivity contribution < 1.29 is 19.4 Å². The van der Waals surface area contributed by atoms with Gasteiger partial charge in [-0.15, -0.1) is 11.8 Å². The molecule has 0 saturated heterocycles. The molecule has 0 unspecified atom stereocenters. The molecule has 0 heterocycles. The Morgan fingerprint density at radius 3 is 2.76 bits per heavy atom. The Balaban J connectivity index is 2.14. The van der Waals surface area contributed by atoms with E-state index in [9.17, 15) is 9.59 Å². The molecule has 0 atom stereocenters. The first kappa shape index (κ1) is 18.1. The van der Waals surface area contributed by atoms with Gasteiger partial charge in [-0.1, -0.05) is 29.3 Å². The van der Waals surface area contributed by atoms with Crippen LogP contribution in [0, 0.1) is 0 Å². The predicted octanol–water partition coefficient (Wildman–Crippen LogP) is 2.44. The Bertz CT molecular complexity index is 499. The molecule has 8 heteroatoms. The van der Waals surface area contributed by atoms with E-state index in [4.69, 9.17) is 33.0 Å². The Morgan fingerprint density at radius 1 is 1.33 bits per heavy atom. The topological polar surface area (TPSA) is 75.6 Å². The van der Waals surface area contributed by atoms with Crippen molar-refractivity contribution >= 4 is 46.8 Å². The van der Waals surface area contributed by atoms with Gasteiger partial charge in [0.25, 0.3) is 0 Å². The minimum absolute atomic E-state index is 0.135. The Kier molecular flexibility index (Phi) is 8.52. The summed E-state index contributed by atoms with van der Waals surface area (Å²) in [7, 11) is 0. The lowest BCUT2D eigenvalue weighted by atomic mass is 10.2. The van der Waals surface area contributed by atoms with Gasteiger partial charge in [0.2, 0.25) is 5.91 Å². The van der Waals surface area contributed by atoms with E-state index in [0.29, 0.717) is 15.8 Å². The molecule has 116 valence electrons. The van der Waals surface area contributed by atoms with E-state index in [2.05, 4.69) is 5.32 Å². The lowest BCUT2D eigenvalue weighted by molar-refractivity contribution is -0.142. The number of ether oxygens (including phenoxy) is 1. The first-order valence-electron chi connectivity index (χ1n) is 6.07. The lowest BCUT2D eigenvalue weighted by Gasteiger charge is -2.06. The third-order valence-electron chi connectivity index (χ3n) is 2.30. The molecular formula is C13H15Cl2NO4S. The standard InChI is InChI=1S/C13H15Cl2NO4S/c14-10-2-1-9(11(15)5-10)7-21-8-12(17)16-3-4-20-6-13(18)19/h1-2,5H,3-4,6-8H2,(H,16,17)(H,18,19). The number of amides is 1. The molecule has 0 fully saturated rings. The molecule has 5 nitrogen and oxygen atoms in total. The molecule has 0 saturated carbocycles. The second kappa shape index (κ2) is 9.89. The average Bonchev–Trinajstić information content (AvgIpc) is 2.40. The smallest absolute Gasteiger partial charge is 0.329 e. The van der Waals surface area contributed by atoms with E-state index in [0.717, 1.165) is 5.56 Å². The van der Waals surface area contributed by atoms with E-state index in [1.165, 1.54) is 11.8 Å². The summed E-state index contributed by atoms with van der Waals surface area (Å²) in [4.78, 5) is 21.7. The molecule has 1 amide bonds. The minimum atomic E-state index is -1.03. The molecule has 0 spiro atoms. The summed E-state index contributed by atoms with van der Waals surface area (Å²) >= 11 is 13.3. The van der Waals surface area contributed by atoms with Crippen molar-refractivity contribution in [2.45, 2.75) is 5.75 Å². The number of carboxylic acid groups (broad SMARTS) is 1. The van der Waals surface area contributed by atoms with Crippen LogP contribution < -0.4 is 5.32 Å². The number of benzene rings is 1. The molecule has 21 heavy (non-hydrogen) atoms. The SMILES string of the molecule is O=C(O)COCCNC(=O)CSCc1ccc(Cl)cc1Cl. The fraction of sp³-hybridized carbons (Fsp3) is 0.385. The first-order chi connectivity index (χ1) is 9.99. The number of halogens is 2. The van der Waals surface area contributed by atoms with Crippen molar-refractivity contribution in [1.82, 2.24) is 5.32 Å². The molecule has 1 rings (SSSR count). The number of hydrogen-bond acceptors (Lipinski definition) is 4. The van der Waals surface area contributed by atoms with Crippen molar-refractivity contribution in [3.63, 3.8) is 0 Å². The highest BCUT2D eigenvalue weighted by molar-refractivity contribution is 7.99. The zero-order chi connectivity index (χ0) is 15.7. The summed E-state index contributed by atoms with van der Waals surface area (Å²) in [5.74, 6) is -0.266. The number of nitrogens with one attached hydrogen (secondary N) is 1. The fourth-order valence-corrected chi connectivity index (χ4v) is 2.78. The van der Waals surface area contributed by atoms with E-state index in [1.54, 1.807) is 12.1 Å². The minimum Gasteiger partial charge on any atom is -0.480 e. The molecule has 1 aromatic carbocycles. The Hall–Kier alpha value is -0.950. The van der Waals surface area contributed by atoms with Crippen LogP contribution in [0.15, 0.2) is 18.2 Å². The highest BCUT2D eigenvalue weighted by atomic mass is 35.5. The zero-order valence-corrected chi connectivity index (χ0v) is 13.4. The van der Waals surface area contributed by atoms with Gasteiger partial charge >= 0.3 is 5.97 Å². The van der Waals surface area contributed by atoms with Gasteiger partial charge in [-0.25, -0.2) is 4.79 Å². The third kappa shape index (κ3) is 8.16. The summed E-state index contributed by atoms with van der Waals surface area (Å²) in [5.41, 5.74) is 0.920. The number of rotatable bonds is 9. The monoisotopic (exact) mass is 351 g/mol. The van der Waals surface area contributed by atoms with Crippen molar-refractivity contribution in [2.24, 2.45) is 0 Å². The molecule has 0 aliphatic rings. The number of carbonyl (C=O) groups excluding carboxylic acids is 1. The van der Waals surface area contributed by atoms with Gasteiger partial charge in [-0.05, 0) is 17.7 Å². The maximum Gasteiger partial charge on any atom is 0.329 e. The van der Waals surface area contributed by atoms with E-state index in [1.807, 2.05) is 6.07 Å². The van der Waals surface area contributed by atoms with Crippen LogP contribution in [-0.2, 0) is 20.1 Å². The van der Waals surface area contributed by atoms with Crippen LogP contribution >= 0.6 is 35.0 Å². The van der Waals surface area contributed by atoms with Gasteiger partial charge < -0.3 is 15.2 Å². The molecule has 0 aliphatic heterocycles.